The van der Waals surface area contributed by atoms with Crippen LogP contribution in [0.3, 0.4) is 0 Å². The van der Waals surface area contributed by atoms with Gasteiger partial charge in [0.1, 0.15) is 11.8 Å². The third-order valence-corrected chi connectivity index (χ3v) is 3.58. The number of benzene rings is 1. The number of hydrogen-bond acceptors (Lipinski definition) is 4. The highest BCUT2D eigenvalue weighted by molar-refractivity contribution is 5.98. The van der Waals surface area contributed by atoms with Gasteiger partial charge in [-0.25, -0.2) is 4.79 Å². The Morgan fingerprint density at radius 1 is 1.33 bits per heavy atom. The second-order valence-electron chi connectivity index (χ2n) is 5.01. The van der Waals surface area contributed by atoms with Crippen molar-refractivity contribution in [2.24, 2.45) is 0 Å². The van der Waals surface area contributed by atoms with Crippen LogP contribution in [0, 0.1) is 6.92 Å². The zero-order valence-electron chi connectivity index (χ0n) is 12.5. The van der Waals surface area contributed by atoms with E-state index in [1.54, 1.807) is 13.2 Å². The molecule has 1 aliphatic heterocycles. The minimum atomic E-state index is -0.498. The number of methoxy groups -OCH3 is 2. The van der Waals surface area contributed by atoms with Crippen LogP contribution in [0.2, 0.25) is 0 Å². The minimum Gasteiger partial charge on any atom is -0.495 e. The Morgan fingerprint density at radius 2 is 2.10 bits per heavy atom. The number of amides is 2. The van der Waals surface area contributed by atoms with Crippen LogP contribution in [0.25, 0.3) is 0 Å². The molecule has 21 heavy (non-hydrogen) atoms. The highest BCUT2D eigenvalue weighted by atomic mass is 16.5. The van der Waals surface area contributed by atoms with Gasteiger partial charge in [-0.1, -0.05) is 6.07 Å². The van der Waals surface area contributed by atoms with Crippen LogP contribution in [-0.4, -0.2) is 43.7 Å². The van der Waals surface area contributed by atoms with Crippen molar-refractivity contribution in [2.75, 3.05) is 26.1 Å². The number of carbonyl (C=O) groups is 2. The van der Waals surface area contributed by atoms with E-state index in [1.165, 1.54) is 12.0 Å². The van der Waals surface area contributed by atoms with Gasteiger partial charge in [0.05, 0.1) is 19.9 Å². The van der Waals surface area contributed by atoms with Crippen LogP contribution in [0.15, 0.2) is 18.2 Å². The lowest BCUT2D eigenvalue weighted by Crippen LogP contribution is -2.43. The van der Waals surface area contributed by atoms with Crippen LogP contribution >= 0.6 is 0 Å². The van der Waals surface area contributed by atoms with Crippen molar-refractivity contribution < 1.29 is 19.1 Å². The lowest BCUT2D eigenvalue weighted by atomic mass is 10.1. The van der Waals surface area contributed by atoms with Gasteiger partial charge in [-0.05, 0) is 37.5 Å². The Bertz CT molecular complexity index is 544. The molecule has 0 saturated carbocycles. The van der Waals surface area contributed by atoms with Gasteiger partial charge in [-0.2, -0.15) is 0 Å². The average Bonchev–Trinajstić information content (AvgIpc) is 2.96. The van der Waals surface area contributed by atoms with E-state index in [2.05, 4.69) is 5.32 Å². The molecule has 114 valence electrons. The monoisotopic (exact) mass is 292 g/mol. The molecule has 1 aromatic rings. The number of nitrogens with zero attached hydrogens (tertiary/aromatic N) is 1. The Balaban J connectivity index is 2.14. The van der Waals surface area contributed by atoms with Crippen molar-refractivity contribution in [3.05, 3.63) is 23.8 Å². The van der Waals surface area contributed by atoms with Gasteiger partial charge in [0.25, 0.3) is 0 Å². The van der Waals surface area contributed by atoms with Crippen LogP contribution in [0.1, 0.15) is 18.4 Å². The summed E-state index contributed by atoms with van der Waals surface area (Å²) in [6, 6.07) is 5.05. The first-order valence-corrected chi connectivity index (χ1v) is 6.87. The molecule has 0 bridgehead atoms. The van der Waals surface area contributed by atoms with Gasteiger partial charge in [-0.15, -0.1) is 0 Å². The van der Waals surface area contributed by atoms with Gasteiger partial charge >= 0.3 is 6.09 Å². The van der Waals surface area contributed by atoms with E-state index in [0.717, 1.165) is 12.0 Å². The van der Waals surface area contributed by atoms with Gasteiger partial charge < -0.3 is 14.8 Å². The number of likely N-dealkylation sites (tertiary alicyclic amines) is 1. The highest BCUT2D eigenvalue weighted by Crippen LogP contribution is 2.27. The van der Waals surface area contributed by atoms with Crippen molar-refractivity contribution in [2.45, 2.75) is 25.8 Å². The summed E-state index contributed by atoms with van der Waals surface area (Å²) < 4.78 is 9.95. The van der Waals surface area contributed by atoms with Crippen molar-refractivity contribution in [1.82, 2.24) is 4.90 Å². The molecule has 1 saturated heterocycles. The molecule has 1 N–H and O–H groups in total. The van der Waals surface area contributed by atoms with Gasteiger partial charge in [0.15, 0.2) is 0 Å². The SMILES string of the molecule is COC(=O)N1CCCC1C(=O)Nc1cc(C)ccc1OC. The van der Waals surface area contributed by atoms with Crippen LogP contribution in [0.5, 0.6) is 5.75 Å². The van der Waals surface area contributed by atoms with Crippen molar-refractivity contribution in [1.29, 1.82) is 0 Å². The standard InChI is InChI=1S/C15H20N2O4/c1-10-6-7-13(20-2)11(9-10)16-14(18)12-5-4-8-17(12)15(19)21-3/h6-7,9,12H,4-5,8H2,1-3H3,(H,16,18). The average molecular weight is 292 g/mol. The lowest BCUT2D eigenvalue weighted by Gasteiger charge is -2.22. The first-order valence-electron chi connectivity index (χ1n) is 6.87. The van der Waals surface area contributed by atoms with Gasteiger partial charge in [0.2, 0.25) is 5.91 Å². The maximum atomic E-state index is 12.4. The van der Waals surface area contributed by atoms with E-state index in [1.807, 2.05) is 19.1 Å². The summed E-state index contributed by atoms with van der Waals surface area (Å²) in [5.74, 6) is 0.373. The number of carbonyl (C=O) groups excluding carboxylic acids is 2. The number of anilines is 1. The molecular weight excluding hydrogens is 272 g/mol. The second-order valence-corrected chi connectivity index (χ2v) is 5.01. The van der Waals surface area contributed by atoms with E-state index >= 15 is 0 Å². The number of aryl methyl sites for hydroxylation is 1. The first kappa shape index (κ1) is 15.2. The van der Waals surface area contributed by atoms with Crippen molar-refractivity contribution >= 4 is 17.7 Å². The largest absolute Gasteiger partial charge is 0.495 e. The topological polar surface area (TPSA) is 67.9 Å². The van der Waals surface area contributed by atoms with Crippen LogP contribution in [0.4, 0.5) is 10.5 Å². The number of hydrogen-bond donors (Lipinski definition) is 1. The van der Waals surface area contributed by atoms with Crippen LogP contribution in [-0.2, 0) is 9.53 Å². The summed E-state index contributed by atoms with van der Waals surface area (Å²) in [7, 11) is 2.87. The molecule has 1 atom stereocenters. The molecule has 1 fully saturated rings. The summed E-state index contributed by atoms with van der Waals surface area (Å²) in [5.41, 5.74) is 1.63. The zero-order valence-corrected chi connectivity index (χ0v) is 12.5. The summed E-state index contributed by atoms with van der Waals surface area (Å²) in [4.78, 5) is 25.5. The van der Waals surface area contributed by atoms with E-state index in [4.69, 9.17) is 9.47 Å². The molecule has 1 unspecified atom stereocenters. The molecule has 0 spiro atoms. The summed E-state index contributed by atoms with van der Waals surface area (Å²) >= 11 is 0. The second kappa shape index (κ2) is 6.47. The minimum absolute atomic E-state index is 0.221. The summed E-state index contributed by atoms with van der Waals surface area (Å²) in [5, 5.41) is 2.84. The number of rotatable bonds is 3. The maximum absolute atomic E-state index is 12.4. The Labute approximate surface area is 124 Å². The molecule has 0 radical (unpaired) electrons. The van der Waals surface area contributed by atoms with Crippen molar-refractivity contribution in [3.63, 3.8) is 0 Å². The Hall–Kier alpha value is -2.24. The predicted molar refractivity (Wildman–Crippen MR) is 78.5 cm³/mol. The Morgan fingerprint density at radius 3 is 2.76 bits per heavy atom. The molecule has 1 heterocycles. The maximum Gasteiger partial charge on any atom is 0.410 e. The van der Waals surface area contributed by atoms with E-state index < -0.39 is 12.1 Å². The fourth-order valence-electron chi connectivity index (χ4n) is 2.51. The smallest absolute Gasteiger partial charge is 0.410 e. The predicted octanol–water partition coefficient (Wildman–Crippen LogP) is 2.17. The Kier molecular flexibility index (Phi) is 4.67. The summed E-state index contributed by atoms with van der Waals surface area (Å²) in [6.07, 6.45) is 0.955. The number of ether oxygens (including phenoxy) is 2. The normalized spacial score (nSPS) is 17.5. The molecule has 0 aromatic heterocycles. The third kappa shape index (κ3) is 3.26. The van der Waals surface area contributed by atoms with E-state index in [9.17, 15) is 9.59 Å². The van der Waals surface area contributed by atoms with Crippen molar-refractivity contribution in [3.8, 4) is 5.75 Å². The molecule has 2 rings (SSSR count). The summed E-state index contributed by atoms with van der Waals surface area (Å²) in [6.45, 7) is 2.47. The first-order chi connectivity index (χ1) is 10.1. The lowest BCUT2D eigenvalue weighted by molar-refractivity contribution is -0.120. The quantitative estimate of drug-likeness (QED) is 0.927. The van der Waals surface area contributed by atoms with E-state index in [-0.39, 0.29) is 5.91 Å². The zero-order chi connectivity index (χ0) is 15.4. The van der Waals surface area contributed by atoms with E-state index in [0.29, 0.717) is 24.4 Å². The highest BCUT2D eigenvalue weighted by Gasteiger charge is 2.35. The molecule has 2 amide bonds. The van der Waals surface area contributed by atoms with Gasteiger partial charge in [-0.3, -0.25) is 9.69 Å². The molecule has 6 nitrogen and oxygen atoms in total. The molecule has 6 heteroatoms. The fourth-order valence-corrected chi connectivity index (χ4v) is 2.51. The number of nitrogens with one attached hydrogen (secondary N) is 1. The van der Waals surface area contributed by atoms with Gasteiger partial charge in [0, 0.05) is 6.54 Å². The molecule has 0 aliphatic carbocycles. The molecule has 1 aliphatic rings. The molecular formula is C15H20N2O4. The van der Waals surface area contributed by atoms with Crippen LogP contribution < -0.4 is 10.1 Å². The fraction of sp³-hybridized carbons (Fsp3) is 0.467. The third-order valence-electron chi connectivity index (χ3n) is 3.58. The molecule has 1 aromatic carbocycles.